The minimum absolute atomic E-state index is 0.936. The summed E-state index contributed by atoms with van der Waals surface area (Å²) in [6.07, 6.45) is 23.1. The SMILES string of the molecule is CCCCCCCCCCCCCCCCCC[N+]1(Cc2ccccc2)CCOCC1. The zero-order chi connectivity index (χ0) is 21.9. The van der Waals surface area contributed by atoms with Crippen molar-refractivity contribution >= 4 is 0 Å². The van der Waals surface area contributed by atoms with E-state index in [2.05, 4.69) is 37.3 Å². The predicted molar refractivity (Wildman–Crippen MR) is 135 cm³/mol. The first-order valence-electron chi connectivity index (χ1n) is 13.8. The van der Waals surface area contributed by atoms with Crippen LogP contribution in [0.2, 0.25) is 0 Å². The summed E-state index contributed by atoms with van der Waals surface area (Å²) in [6.45, 7) is 9.06. The molecule has 2 nitrogen and oxygen atoms in total. The van der Waals surface area contributed by atoms with Gasteiger partial charge in [-0.2, -0.15) is 0 Å². The Bertz CT molecular complexity index is 509. The van der Waals surface area contributed by atoms with E-state index in [1.54, 1.807) is 0 Å². The summed E-state index contributed by atoms with van der Waals surface area (Å²) in [6, 6.07) is 11.1. The second-order valence-electron chi connectivity index (χ2n) is 10.1. The fourth-order valence-corrected chi connectivity index (χ4v) is 5.16. The fourth-order valence-electron chi connectivity index (χ4n) is 5.16. The molecule has 31 heavy (non-hydrogen) atoms. The molecule has 0 radical (unpaired) electrons. The monoisotopic (exact) mass is 430 g/mol. The van der Waals surface area contributed by atoms with E-state index in [1.807, 2.05) is 0 Å². The Balaban J connectivity index is 1.42. The first-order chi connectivity index (χ1) is 15.3. The molecule has 2 heteroatoms. The first kappa shape index (κ1) is 26.4. The van der Waals surface area contributed by atoms with E-state index in [-0.39, 0.29) is 0 Å². The van der Waals surface area contributed by atoms with Gasteiger partial charge in [0.05, 0.1) is 19.8 Å². The molecule has 0 unspecified atom stereocenters. The molecule has 0 atom stereocenters. The maximum Gasteiger partial charge on any atom is 0.104 e. The molecular weight excluding hydrogens is 378 g/mol. The Labute approximate surface area is 194 Å². The van der Waals surface area contributed by atoms with Crippen molar-refractivity contribution in [2.75, 3.05) is 32.8 Å². The lowest BCUT2D eigenvalue weighted by atomic mass is 10.0. The molecule has 178 valence electrons. The van der Waals surface area contributed by atoms with Crippen molar-refractivity contribution in [1.29, 1.82) is 0 Å². The van der Waals surface area contributed by atoms with Gasteiger partial charge in [0.2, 0.25) is 0 Å². The van der Waals surface area contributed by atoms with Crippen LogP contribution in [0.25, 0.3) is 0 Å². The van der Waals surface area contributed by atoms with Crippen LogP contribution in [0.15, 0.2) is 30.3 Å². The molecule has 1 aliphatic rings. The van der Waals surface area contributed by atoms with Gasteiger partial charge >= 0.3 is 0 Å². The highest BCUT2D eigenvalue weighted by Gasteiger charge is 2.30. The van der Waals surface area contributed by atoms with Gasteiger partial charge in [0.15, 0.2) is 0 Å². The quantitative estimate of drug-likeness (QED) is 0.158. The Morgan fingerprint density at radius 2 is 1.06 bits per heavy atom. The van der Waals surface area contributed by atoms with Crippen molar-refractivity contribution in [3.05, 3.63) is 35.9 Å². The molecule has 0 bridgehead atoms. The van der Waals surface area contributed by atoms with Gasteiger partial charge in [-0.3, -0.25) is 0 Å². The lowest BCUT2D eigenvalue weighted by molar-refractivity contribution is -0.947. The molecule has 1 heterocycles. The standard InChI is InChI=1S/C29H52NO/c1-2-3-4-5-6-7-8-9-10-11-12-13-14-15-16-20-23-30(24-26-31-27-25-30)28-29-21-18-17-19-22-29/h17-19,21-22H,2-16,20,23-28H2,1H3/q+1. The van der Waals surface area contributed by atoms with E-state index in [0.717, 1.165) is 13.2 Å². The van der Waals surface area contributed by atoms with E-state index in [0.29, 0.717) is 0 Å². The number of unbranched alkanes of at least 4 members (excludes halogenated alkanes) is 15. The predicted octanol–water partition coefficient (Wildman–Crippen LogP) is 8.30. The number of hydrogen-bond donors (Lipinski definition) is 0. The molecule has 1 saturated heterocycles. The van der Waals surface area contributed by atoms with Gasteiger partial charge in [-0.05, 0) is 12.8 Å². The molecule has 1 aromatic carbocycles. The first-order valence-corrected chi connectivity index (χ1v) is 13.8. The zero-order valence-electron chi connectivity index (χ0n) is 20.8. The molecule has 2 rings (SSSR count). The van der Waals surface area contributed by atoms with Crippen LogP contribution in [0.5, 0.6) is 0 Å². The molecule has 0 spiro atoms. The summed E-state index contributed by atoms with van der Waals surface area (Å²) in [5.41, 5.74) is 1.49. The number of benzene rings is 1. The molecule has 0 aliphatic carbocycles. The highest BCUT2D eigenvalue weighted by atomic mass is 16.5. The second-order valence-corrected chi connectivity index (χ2v) is 10.1. The smallest absolute Gasteiger partial charge is 0.104 e. The van der Waals surface area contributed by atoms with Crippen molar-refractivity contribution in [1.82, 2.24) is 0 Å². The van der Waals surface area contributed by atoms with Gasteiger partial charge in [-0.25, -0.2) is 0 Å². The second kappa shape index (κ2) is 17.7. The van der Waals surface area contributed by atoms with Crippen LogP contribution in [-0.4, -0.2) is 37.3 Å². The van der Waals surface area contributed by atoms with Crippen LogP contribution < -0.4 is 0 Å². The maximum atomic E-state index is 5.68. The third-order valence-electron chi connectivity index (χ3n) is 7.27. The summed E-state index contributed by atoms with van der Waals surface area (Å²) in [5.74, 6) is 0. The van der Waals surface area contributed by atoms with E-state index in [4.69, 9.17) is 4.74 Å². The normalized spacial score (nSPS) is 15.9. The molecule has 0 saturated carbocycles. The van der Waals surface area contributed by atoms with Gasteiger partial charge in [0.1, 0.15) is 19.6 Å². The topological polar surface area (TPSA) is 9.23 Å². The summed E-state index contributed by atoms with van der Waals surface area (Å²) in [5, 5.41) is 0. The van der Waals surface area contributed by atoms with Crippen LogP contribution in [0.1, 0.15) is 115 Å². The third-order valence-corrected chi connectivity index (χ3v) is 7.27. The number of quaternary nitrogens is 1. The van der Waals surface area contributed by atoms with Crippen LogP contribution in [-0.2, 0) is 11.3 Å². The Morgan fingerprint density at radius 3 is 1.55 bits per heavy atom. The van der Waals surface area contributed by atoms with Crippen molar-refractivity contribution in [3.8, 4) is 0 Å². The minimum atomic E-state index is 0.936. The van der Waals surface area contributed by atoms with Crippen molar-refractivity contribution < 1.29 is 9.22 Å². The summed E-state index contributed by atoms with van der Waals surface area (Å²) in [4.78, 5) is 0. The lowest BCUT2D eigenvalue weighted by Gasteiger charge is -2.41. The summed E-state index contributed by atoms with van der Waals surface area (Å²) < 4.78 is 6.92. The van der Waals surface area contributed by atoms with E-state index < -0.39 is 0 Å². The summed E-state index contributed by atoms with van der Waals surface area (Å²) in [7, 11) is 0. The average molecular weight is 431 g/mol. The average Bonchev–Trinajstić information content (AvgIpc) is 2.80. The van der Waals surface area contributed by atoms with Gasteiger partial charge in [-0.1, -0.05) is 127 Å². The Kier molecular flexibility index (Phi) is 15.0. The minimum Gasteiger partial charge on any atom is -0.370 e. The molecule has 0 N–H and O–H groups in total. The molecule has 0 amide bonds. The Hall–Kier alpha value is -0.860. The number of morpholine rings is 1. The Morgan fingerprint density at radius 1 is 0.613 bits per heavy atom. The third kappa shape index (κ3) is 12.7. The van der Waals surface area contributed by atoms with Crippen LogP contribution in [0.4, 0.5) is 0 Å². The number of ether oxygens (including phenoxy) is 1. The van der Waals surface area contributed by atoms with Gasteiger partial charge < -0.3 is 9.22 Å². The number of hydrogen-bond acceptors (Lipinski definition) is 1. The molecular formula is C29H52NO+. The van der Waals surface area contributed by atoms with E-state index >= 15 is 0 Å². The molecule has 0 aromatic heterocycles. The maximum absolute atomic E-state index is 5.68. The van der Waals surface area contributed by atoms with Crippen LogP contribution >= 0.6 is 0 Å². The zero-order valence-corrected chi connectivity index (χ0v) is 20.8. The van der Waals surface area contributed by atoms with Crippen molar-refractivity contribution in [2.24, 2.45) is 0 Å². The molecule has 1 aliphatic heterocycles. The molecule has 1 aromatic rings. The number of nitrogens with zero attached hydrogens (tertiary/aromatic N) is 1. The number of rotatable bonds is 19. The highest BCUT2D eigenvalue weighted by Crippen LogP contribution is 2.20. The van der Waals surface area contributed by atoms with Crippen molar-refractivity contribution in [3.63, 3.8) is 0 Å². The van der Waals surface area contributed by atoms with E-state index in [9.17, 15) is 0 Å². The lowest BCUT2D eigenvalue weighted by Crippen LogP contribution is -2.54. The van der Waals surface area contributed by atoms with E-state index in [1.165, 1.54) is 139 Å². The van der Waals surface area contributed by atoms with Gasteiger partial charge in [0, 0.05) is 5.56 Å². The molecule has 1 fully saturated rings. The fraction of sp³-hybridized carbons (Fsp3) is 0.793. The highest BCUT2D eigenvalue weighted by molar-refractivity contribution is 5.13. The van der Waals surface area contributed by atoms with Crippen molar-refractivity contribution in [2.45, 2.75) is 116 Å². The van der Waals surface area contributed by atoms with Crippen LogP contribution in [0, 0.1) is 0 Å². The van der Waals surface area contributed by atoms with Gasteiger partial charge in [-0.15, -0.1) is 0 Å². The summed E-state index contributed by atoms with van der Waals surface area (Å²) >= 11 is 0. The largest absolute Gasteiger partial charge is 0.370 e. The van der Waals surface area contributed by atoms with Gasteiger partial charge in [0.25, 0.3) is 0 Å². The van der Waals surface area contributed by atoms with Crippen LogP contribution in [0.3, 0.4) is 0 Å².